The molecule has 2 heterocycles. The highest BCUT2D eigenvalue weighted by atomic mass is 16.2. The van der Waals surface area contributed by atoms with Crippen molar-refractivity contribution in [3.05, 3.63) is 82.4 Å². The fourth-order valence-electron chi connectivity index (χ4n) is 2.33. The lowest BCUT2D eigenvalue weighted by Gasteiger charge is -2.08. The van der Waals surface area contributed by atoms with E-state index in [2.05, 4.69) is 15.4 Å². The van der Waals surface area contributed by atoms with E-state index in [4.69, 9.17) is 0 Å². The van der Waals surface area contributed by atoms with Crippen LogP contribution in [0, 0.1) is 6.92 Å². The Morgan fingerprint density at radius 3 is 2.48 bits per heavy atom. The van der Waals surface area contributed by atoms with Crippen LogP contribution in [0.3, 0.4) is 0 Å². The van der Waals surface area contributed by atoms with E-state index in [1.807, 2.05) is 43.3 Å². The van der Waals surface area contributed by atoms with Gasteiger partial charge in [0.25, 0.3) is 5.56 Å². The number of rotatable bonds is 5. The number of nitrogens with zero attached hydrogens (tertiary/aromatic N) is 3. The van der Waals surface area contributed by atoms with Crippen molar-refractivity contribution in [2.45, 2.75) is 20.0 Å². The van der Waals surface area contributed by atoms with Gasteiger partial charge in [0.05, 0.1) is 5.69 Å². The Balaban J connectivity index is 1.71. The summed E-state index contributed by atoms with van der Waals surface area (Å²) in [5.74, 6) is -0.271. The molecule has 0 bridgehead atoms. The van der Waals surface area contributed by atoms with Crippen LogP contribution in [0.5, 0.6) is 0 Å². The summed E-state index contributed by atoms with van der Waals surface area (Å²) in [6.45, 7) is 2.27. The molecule has 0 aliphatic carbocycles. The smallest absolute Gasteiger partial charge is 0.267 e. The molecule has 1 N–H and O–H groups in total. The summed E-state index contributed by atoms with van der Waals surface area (Å²) in [6, 6.07) is 14.6. The van der Waals surface area contributed by atoms with E-state index in [1.165, 1.54) is 10.7 Å². The van der Waals surface area contributed by atoms with Crippen molar-refractivity contribution in [2.75, 3.05) is 0 Å². The number of amides is 1. The molecule has 0 spiro atoms. The maximum absolute atomic E-state index is 12.1. The van der Waals surface area contributed by atoms with Gasteiger partial charge in [-0.3, -0.25) is 14.6 Å². The third kappa shape index (κ3) is 4.38. The van der Waals surface area contributed by atoms with Crippen molar-refractivity contribution >= 4 is 5.91 Å². The standard InChI is InChI=1S/C19H18N4O2/c1-14-2-4-16(5-3-14)17-6-7-19(25)23(22-17)13-18(24)21-12-15-8-10-20-11-9-15/h2-11H,12-13H2,1H3,(H,21,24). The van der Waals surface area contributed by atoms with E-state index in [0.717, 1.165) is 16.7 Å². The first-order valence-electron chi connectivity index (χ1n) is 7.92. The van der Waals surface area contributed by atoms with Gasteiger partial charge >= 0.3 is 0 Å². The van der Waals surface area contributed by atoms with Crippen LogP contribution in [0.2, 0.25) is 0 Å². The predicted octanol–water partition coefficient (Wildman–Crippen LogP) is 1.93. The van der Waals surface area contributed by atoms with Crippen LogP contribution in [0.1, 0.15) is 11.1 Å². The minimum absolute atomic E-state index is 0.121. The highest BCUT2D eigenvalue weighted by Crippen LogP contribution is 2.15. The third-order valence-electron chi connectivity index (χ3n) is 3.75. The second-order valence-electron chi connectivity index (χ2n) is 5.71. The molecular formula is C19H18N4O2. The summed E-state index contributed by atoms with van der Waals surface area (Å²) in [5.41, 5.74) is 3.33. The number of pyridine rings is 1. The van der Waals surface area contributed by atoms with E-state index in [1.54, 1.807) is 18.5 Å². The minimum Gasteiger partial charge on any atom is -0.350 e. The Morgan fingerprint density at radius 2 is 1.76 bits per heavy atom. The van der Waals surface area contributed by atoms with E-state index < -0.39 is 0 Å². The Hall–Kier alpha value is -3.28. The van der Waals surface area contributed by atoms with Gasteiger partial charge in [0, 0.05) is 30.6 Å². The molecule has 126 valence electrons. The zero-order valence-corrected chi connectivity index (χ0v) is 13.8. The molecule has 6 heteroatoms. The molecule has 6 nitrogen and oxygen atoms in total. The van der Waals surface area contributed by atoms with Gasteiger partial charge in [0.1, 0.15) is 6.54 Å². The SMILES string of the molecule is Cc1ccc(-c2ccc(=O)n(CC(=O)NCc3ccncc3)n2)cc1. The Bertz CT molecular complexity index is 918. The molecule has 0 fully saturated rings. The van der Waals surface area contributed by atoms with Gasteiger partial charge in [-0.05, 0) is 30.7 Å². The second-order valence-corrected chi connectivity index (χ2v) is 5.71. The van der Waals surface area contributed by atoms with Gasteiger partial charge in [-0.25, -0.2) is 4.68 Å². The highest BCUT2D eigenvalue weighted by Gasteiger charge is 2.08. The van der Waals surface area contributed by atoms with Crippen LogP contribution in [-0.4, -0.2) is 20.7 Å². The predicted molar refractivity (Wildman–Crippen MR) is 94.8 cm³/mol. The van der Waals surface area contributed by atoms with Crippen molar-refractivity contribution in [1.29, 1.82) is 0 Å². The molecular weight excluding hydrogens is 316 g/mol. The normalized spacial score (nSPS) is 10.4. The third-order valence-corrected chi connectivity index (χ3v) is 3.75. The number of aryl methyl sites for hydroxylation is 1. The highest BCUT2D eigenvalue weighted by molar-refractivity contribution is 5.75. The lowest BCUT2D eigenvalue weighted by molar-refractivity contribution is -0.122. The summed E-state index contributed by atoms with van der Waals surface area (Å²) in [6.07, 6.45) is 3.33. The van der Waals surface area contributed by atoms with Crippen molar-refractivity contribution in [2.24, 2.45) is 0 Å². The molecule has 1 amide bonds. The summed E-state index contributed by atoms with van der Waals surface area (Å²) in [7, 11) is 0. The molecule has 0 aliphatic heterocycles. The maximum atomic E-state index is 12.1. The van der Waals surface area contributed by atoms with Gasteiger partial charge in [-0.1, -0.05) is 29.8 Å². The number of aromatic nitrogens is 3. The second kappa shape index (κ2) is 7.53. The van der Waals surface area contributed by atoms with Crippen LogP contribution in [-0.2, 0) is 17.9 Å². The molecule has 3 rings (SSSR count). The monoisotopic (exact) mass is 334 g/mol. The number of hydrogen-bond donors (Lipinski definition) is 1. The Morgan fingerprint density at radius 1 is 1.04 bits per heavy atom. The maximum Gasteiger partial charge on any atom is 0.267 e. The number of carbonyl (C=O) groups is 1. The van der Waals surface area contributed by atoms with Crippen LogP contribution in [0.4, 0.5) is 0 Å². The molecule has 25 heavy (non-hydrogen) atoms. The van der Waals surface area contributed by atoms with Crippen molar-refractivity contribution in [3.63, 3.8) is 0 Å². The molecule has 1 aromatic carbocycles. The topological polar surface area (TPSA) is 76.9 Å². The molecule has 0 unspecified atom stereocenters. The summed E-state index contributed by atoms with van der Waals surface area (Å²) in [5, 5.41) is 7.08. The zero-order valence-electron chi connectivity index (χ0n) is 13.8. The Labute approximate surface area is 145 Å². The van der Waals surface area contributed by atoms with Crippen LogP contribution in [0.15, 0.2) is 65.7 Å². The Kier molecular flexibility index (Phi) is 4.99. The number of benzene rings is 1. The van der Waals surface area contributed by atoms with Crippen molar-refractivity contribution < 1.29 is 4.79 Å². The van der Waals surface area contributed by atoms with Crippen molar-refractivity contribution in [1.82, 2.24) is 20.1 Å². The van der Waals surface area contributed by atoms with Crippen LogP contribution < -0.4 is 10.9 Å². The van der Waals surface area contributed by atoms with Gasteiger partial charge in [0.2, 0.25) is 5.91 Å². The minimum atomic E-state index is -0.310. The largest absolute Gasteiger partial charge is 0.350 e. The molecule has 0 saturated carbocycles. The van der Waals surface area contributed by atoms with Gasteiger partial charge in [-0.2, -0.15) is 5.10 Å². The first-order chi connectivity index (χ1) is 12.1. The van der Waals surface area contributed by atoms with Gasteiger partial charge < -0.3 is 5.32 Å². The average molecular weight is 334 g/mol. The van der Waals surface area contributed by atoms with Gasteiger partial charge in [0.15, 0.2) is 0 Å². The lowest BCUT2D eigenvalue weighted by atomic mass is 10.1. The van der Waals surface area contributed by atoms with E-state index in [0.29, 0.717) is 12.2 Å². The zero-order chi connectivity index (χ0) is 17.6. The van der Waals surface area contributed by atoms with Crippen molar-refractivity contribution in [3.8, 4) is 11.3 Å². The molecule has 0 radical (unpaired) electrons. The number of nitrogens with one attached hydrogen (secondary N) is 1. The van der Waals surface area contributed by atoms with Crippen LogP contribution >= 0.6 is 0 Å². The first-order valence-corrected chi connectivity index (χ1v) is 7.92. The first kappa shape index (κ1) is 16.6. The summed E-state index contributed by atoms with van der Waals surface area (Å²) < 4.78 is 1.18. The quantitative estimate of drug-likeness (QED) is 0.773. The molecule has 0 aliphatic rings. The summed E-state index contributed by atoms with van der Waals surface area (Å²) in [4.78, 5) is 28.0. The molecule has 0 atom stereocenters. The van der Waals surface area contributed by atoms with E-state index >= 15 is 0 Å². The fourth-order valence-corrected chi connectivity index (χ4v) is 2.33. The molecule has 2 aromatic heterocycles. The number of hydrogen-bond acceptors (Lipinski definition) is 4. The molecule has 0 saturated heterocycles. The summed E-state index contributed by atoms with van der Waals surface area (Å²) >= 11 is 0. The molecule has 3 aromatic rings. The van der Waals surface area contributed by atoms with E-state index in [9.17, 15) is 9.59 Å². The number of carbonyl (C=O) groups excluding carboxylic acids is 1. The fraction of sp³-hybridized carbons (Fsp3) is 0.158. The van der Waals surface area contributed by atoms with Gasteiger partial charge in [-0.15, -0.1) is 0 Å². The van der Waals surface area contributed by atoms with Crippen LogP contribution in [0.25, 0.3) is 11.3 Å². The van der Waals surface area contributed by atoms with E-state index in [-0.39, 0.29) is 18.0 Å². The lowest BCUT2D eigenvalue weighted by Crippen LogP contribution is -2.33. The average Bonchev–Trinajstić information content (AvgIpc) is 2.63.